The molecule has 0 aliphatic carbocycles. The van der Waals surface area contributed by atoms with Crippen LogP contribution in [0.4, 0.5) is 0 Å². The second kappa shape index (κ2) is 8.34. The number of carbonyl (C=O) groups is 2. The van der Waals surface area contributed by atoms with Crippen LogP contribution < -0.4 is 5.32 Å². The van der Waals surface area contributed by atoms with Crippen LogP contribution in [0, 0.1) is 5.92 Å². The van der Waals surface area contributed by atoms with Gasteiger partial charge in [-0.05, 0) is 19.8 Å². The maximum Gasteiger partial charge on any atom is 0.274 e. The first-order valence-electron chi connectivity index (χ1n) is 7.25. The van der Waals surface area contributed by atoms with E-state index in [0.717, 1.165) is 0 Å². The lowest BCUT2D eigenvalue weighted by Crippen LogP contribution is -2.40. The molecule has 1 aromatic rings. The van der Waals surface area contributed by atoms with Gasteiger partial charge in [-0.15, -0.1) is 0 Å². The summed E-state index contributed by atoms with van der Waals surface area (Å²) in [4.78, 5) is 33.7. The summed E-state index contributed by atoms with van der Waals surface area (Å²) in [5, 5.41) is 2.85. The molecule has 1 rings (SSSR count). The molecule has 0 fully saturated rings. The number of amides is 2. The Bertz CT molecular complexity index is 460. The normalized spacial score (nSPS) is 10.8. The first-order valence-corrected chi connectivity index (χ1v) is 7.25. The topological polar surface area (TPSA) is 75.2 Å². The molecule has 0 saturated carbocycles. The van der Waals surface area contributed by atoms with Crippen molar-refractivity contribution in [3.63, 3.8) is 0 Å². The average Bonchev–Trinajstić information content (AvgIpc) is 2.45. The Kier molecular flexibility index (Phi) is 6.78. The Hall–Kier alpha value is -1.98. The van der Waals surface area contributed by atoms with E-state index in [4.69, 9.17) is 0 Å². The van der Waals surface area contributed by atoms with E-state index < -0.39 is 0 Å². The molecule has 1 heterocycles. The minimum Gasteiger partial charge on any atom is -0.356 e. The van der Waals surface area contributed by atoms with Crippen molar-refractivity contribution in [2.75, 3.05) is 13.1 Å². The highest BCUT2D eigenvalue weighted by molar-refractivity contribution is 5.92. The van der Waals surface area contributed by atoms with Crippen LogP contribution >= 0.6 is 0 Å². The minimum absolute atomic E-state index is 0.00240. The fourth-order valence-corrected chi connectivity index (χ4v) is 1.78. The van der Waals surface area contributed by atoms with Crippen LogP contribution in [-0.4, -0.2) is 45.8 Å². The van der Waals surface area contributed by atoms with Crippen molar-refractivity contribution >= 4 is 11.8 Å². The van der Waals surface area contributed by atoms with E-state index in [1.165, 1.54) is 18.6 Å². The van der Waals surface area contributed by atoms with E-state index in [9.17, 15) is 9.59 Å². The maximum atomic E-state index is 12.4. The highest BCUT2D eigenvalue weighted by atomic mass is 16.2. The number of nitrogens with one attached hydrogen (secondary N) is 1. The van der Waals surface area contributed by atoms with Gasteiger partial charge in [-0.1, -0.05) is 13.8 Å². The number of nitrogens with zero attached hydrogens (tertiary/aromatic N) is 3. The van der Waals surface area contributed by atoms with Crippen molar-refractivity contribution < 1.29 is 9.59 Å². The van der Waals surface area contributed by atoms with Crippen LogP contribution in [0.25, 0.3) is 0 Å². The first-order chi connectivity index (χ1) is 9.91. The average molecular weight is 292 g/mol. The summed E-state index contributed by atoms with van der Waals surface area (Å²) < 4.78 is 0. The monoisotopic (exact) mass is 292 g/mol. The largest absolute Gasteiger partial charge is 0.356 e. The summed E-state index contributed by atoms with van der Waals surface area (Å²) >= 11 is 0. The number of hydrogen-bond acceptors (Lipinski definition) is 4. The lowest BCUT2D eigenvalue weighted by atomic mass is 10.2. The van der Waals surface area contributed by atoms with Gasteiger partial charge in [0.1, 0.15) is 5.69 Å². The van der Waals surface area contributed by atoms with Crippen molar-refractivity contribution in [3.8, 4) is 0 Å². The zero-order chi connectivity index (χ0) is 15.8. The molecule has 116 valence electrons. The quantitative estimate of drug-likeness (QED) is 0.826. The van der Waals surface area contributed by atoms with Crippen LogP contribution in [0.1, 0.15) is 44.6 Å². The number of hydrogen-bond donors (Lipinski definition) is 1. The molecule has 0 radical (unpaired) electrons. The molecule has 0 saturated heterocycles. The van der Waals surface area contributed by atoms with Crippen molar-refractivity contribution in [3.05, 3.63) is 24.3 Å². The zero-order valence-corrected chi connectivity index (χ0v) is 13.2. The van der Waals surface area contributed by atoms with E-state index in [1.54, 1.807) is 4.90 Å². The molecule has 6 nitrogen and oxygen atoms in total. The molecular formula is C15H24N4O2. The Balaban J connectivity index is 2.58. The second-order valence-corrected chi connectivity index (χ2v) is 5.63. The van der Waals surface area contributed by atoms with Crippen LogP contribution in [0.15, 0.2) is 18.6 Å². The van der Waals surface area contributed by atoms with E-state index in [0.29, 0.717) is 24.7 Å². The predicted molar refractivity (Wildman–Crippen MR) is 80.7 cm³/mol. The van der Waals surface area contributed by atoms with Gasteiger partial charge in [0, 0.05) is 37.9 Å². The summed E-state index contributed by atoms with van der Waals surface area (Å²) in [5.41, 5.74) is 0.300. The van der Waals surface area contributed by atoms with Gasteiger partial charge in [0.15, 0.2) is 0 Å². The van der Waals surface area contributed by atoms with Crippen LogP contribution in [0.5, 0.6) is 0 Å². The molecule has 6 heteroatoms. The molecule has 0 unspecified atom stereocenters. The molecule has 21 heavy (non-hydrogen) atoms. The lowest BCUT2D eigenvalue weighted by molar-refractivity contribution is -0.121. The summed E-state index contributed by atoms with van der Waals surface area (Å²) in [5.74, 6) is 0.174. The molecule has 0 aliphatic heterocycles. The fraction of sp³-hybridized carbons (Fsp3) is 0.600. The molecular weight excluding hydrogens is 268 g/mol. The van der Waals surface area contributed by atoms with Crippen LogP contribution in [0.3, 0.4) is 0 Å². The molecule has 0 aromatic carbocycles. The van der Waals surface area contributed by atoms with Crippen LogP contribution in [-0.2, 0) is 4.79 Å². The summed E-state index contributed by atoms with van der Waals surface area (Å²) in [7, 11) is 0. The van der Waals surface area contributed by atoms with E-state index in [2.05, 4.69) is 15.3 Å². The van der Waals surface area contributed by atoms with Gasteiger partial charge in [0.25, 0.3) is 5.91 Å². The molecule has 1 aromatic heterocycles. The lowest BCUT2D eigenvalue weighted by Gasteiger charge is -2.26. The SMILES string of the molecule is CC(C)CNC(=O)CCN(C(=O)c1cnccn1)C(C)C. The highest BCUT2D eigenvalue weighted by Crippen LogP contribution is 2.06. The standard InChI is InChI=1S/C15H24N4O2/c1-11(2)9-18-14(20)5-8-19(12(3)4)15(21)13-10-16-6-7-17-13/h6-7,10-12H,5,8-9H2,1-4H3,(H,18,20). The fourth-order valence-electron chi connectivity index (χ4n) is 1.78. The predicted octanol–water partition coefficient (Wildman–Crippen LogP) is 1.49. The number of carbonyl (C=O) groups excluding carboxylic acids is 2. The van der Waals surface area contributed by atoms with Gasteiger partial charge in [0.05, 0.1) is 6.20 Å². The van der Waals surface area contributed by atoms with Crippen molar-refractivity contribution in [1.82, 2.24) is 20.2 Å². The van der Waals surface area contributed by atoms with E-state index in [1.807, 2.05) is 27.7 Å². The summed E-state index contributed by atoms with van der Waals surface area (Å²) in [6, 6.07) is -0.00240. The first kappa shape index (κ1) is 17.1. The highest BCUT2D eigenvalue weighted by Gasteiger charge is 2.20. The van der Waals surface area contributed by atoms with Crippen molar-refractivity contribution in [1.29, 1.82) is 0 Å². The molecule has 2 amide bonds. The number of aromatic nitrogens is 2. The van der Waals surface area contributed by atoms with E-state index in [-0.39, 0.29) is 24.3 Å². The summed E-state index contributed by atoms with van der Waals surface area (Å²) in [6.45, 7) is 8.94. The van der Waals surface area contributed by atoms with Crippen molar-refractivity contribution in [2.45, 2.75) is 40.2 Å². The maximum absolute atomic E-state index is 12.4. The Labute approximate surface area is 126 Å². The molecule has 0 bridgehead atoms. The third-order valence-corrected chi connectivity index (χ3v) is 2.95. The second-order valence-electron chi connectivity index (χ2n) is 5.63. The molecule has 0 aliphatic rings. The Morgan fingerprint density at radius 3 is 2.48 bits per heavy atom. The zero-order valence-electron chi connectivity index (χ0n) is 13.2. The summed E-state index contributed by atoms with van der Waals surface area (Å²) in [6.07, 6.45) is 4.74. The Morgan fingerprint density at radius 1 is 1.24 bits per heavy atom. The van der Waals surface area contributed by atoms with Gasteiger partial charge >= 0.3 is 0 Å². The third kappa shape index (κ3) is 5.89. The van der Waals surface area contributed by atoms with Gasteiger partial charge in [0.2, 0.25) is 5.91 Å². The molecule has 0 spiro atoms. The molecule has 1 N–H and O–H groups in total. The van der Waals surface area contributed by atoms with Crippen LogP contribution in [0.2, 0.25) is 0 Å². The Morgan fingerprint density at radius 2 is 1.95 bits per heavy atom. The van der Waals surface area contributed by atoms with Gasteiger partial charge in [-0.2, -0.15) is 0 Å². The van der Waals surface area contributed by atoms with Crippen molar-refractivity contribution in [2.24, 2.45) is 5.92 Å². The minimum atomic E-state index is -0.199. The van der Waals surface area contributed by atoms with Gasteiger partial charge < -0.3 is 10.2 Å². The molecule has 0 atom stereocenters. The van der Waals surface area contributed by atoms with Gasteiger partial charge in [-0.3, -0.25) is 14.6 Å². The number of rotatable bonds is 7. The third-order valence-electron chi connectivity index (χ3n) is 2.95. The van der Waals surface area contributed by atoms with E-state index >= 15 is 0 Å². The van der Waals surface area contributed by atoms with Gasteiger partial charge in [-0.25, -0.2) is 4.98 Å². The smallest absolute Gasteiger partial charge is 0.274 e.